The maximum atomic E-state index is 13.6. The average Bonchev–Trinajstić information content (AvgIpc) is 1.59. The summed E-state index contributed by atoms with van der Waals surface area (Å²) in [7, 11) is 5.37. The first-order chi connectivity index (χ1) is 44.9. The zero-order chi connectivity index (χ0) is 68.9. The maximum absolute atomic E-state index is 13.6. The second-order valence-electron chi connectivity index (χ2n) is 26.4. The Morgan fingerprint density at radius 3 is 1.99 bits per heavy atom. The first kappa shape index (κ1) is 73.5. The van der Waals surface area contributed by atoms with Crippen molar-refractivity contribution in [2.24, 2.45) is 5.92 Å². The van der Waals surface area contributed by atoms with Crippen LogP contribution in [0.15, 0.2) is 0 Å². The van der Waals surface area contributed by atoms with Crippen molar-refractivity contribution in [3.8, 4) is 11.5 Å². The Bertz CT molecular complexity index is 2840. The molecule has 32 atom stereocenters. The Balaban J connectivity index is 0.722. The van der Waals surface area contributed by atoms with E-state index >= 15 is 0 Å². The minimum Gasteiger partial charge on any atom is -0.505 e. The summed E-state index contributed by atoms with van der Waals surface area (Å²) in [5, 5.41) is 79.9. The first-order valence-corrected chi connectivity index (χ1v) is 32.6. The van der Waals surface area contributed by atoms with Crippen LogP contribution < -0.4 is 4.74 Å². The molecule has 0 aliphatic carbocycles. The normalized spacial score (nSPS) is 47.7. The Hall–Kier alpha value is -2.70. The van der Waals surface area contributed by atoms with Gasteiger partial charge < -0.3 is 145 Å². The number of esters is 2. The van der Waals surface area contributed by atoms with Crippen LogP contribution in [0.3, 0.4) is 0 Å². The quantitative estimate of drug-likeness (QED) is 0.100. The van der Waals surface area contributed by atoms with Gasteiger partial charge >= 0.3 is 17.9 Å². The second-order valence-corrected chi connectivity index (χ2v) is 27.2. The lowest BCUT2D eigenvalue weighted by atomic mass is 9.80. The number of phenols is 1. The van der Waals surface area contributed by atoms with Gasteiger partial charge in [0.05, 0.1) is 86.5 Å². The predicted molar refractivity (Wildman–Crippen MR) is 314 cm³/mol. The van der Waals surface area contributed by atoms with Gasteiger partial charge in [-0.1, -0.05) is 37.0 Å². The third kappa shape index (κ3) is 13.5. The van der Waals surface area contributed by atoms with Gasteiger partial charge in [-0.25, -0.2) is 4.79 Å². The summed E-state index contributed by atoms with van der Waals surface area (Å²) in [6.07, 6.45) is -33.7. The summed E-state index contributed by atoms with van der Waals surface area (Å²) >= 11 is 12.5. The standard InChI is InChI=1S/C61H90Cl2O32/c1-21(2)53(70)87-49-45-32(92-61(93-45)52-51(78-20-79-52)60(72,27(8)64)28(9)91-61)19-77-56(49)89-57-48(76-14)39(68)44(31(83-57)18-73-11)88-55-40(69)47(43(74-12)24(5)82-55)85-34-17-58(10)50(26(7)81-34)94-59(95-58)16-30(66)42(25(6)90-59)84-33-15-29(65)41(23(4)80-33)86-54(71)35-22(3)36(62)38(67)37(63)46(35)75-13/h21,23-34,39-45,47-52,55-57,64-69,72H,15-20H2,1-14H3. The van der Waals surface area contributed by atoms with Gasteiger partial charge in [-0.2, -0.15) is 0 Å². The Morgan fingerprint density at radius 2 is 1.34 bits per heavy atom. The summed E-state index contributed by atoms with van der Waals surface area (Å²) < 4.78 is 142. The number of halogens is 2. The summed E-state index contributed by atoms with van der Waals surface area (Å²) in [5.41, 5.74) is -3.14. The molecule has 10 aliphatic rings. The van der Waals surface area contributed by atoms with Crippen molar-refractivity contribution in [2.75, 3.05) is 48.4 Å². The van der Waals surface area contributed by atoms with Gasteiger partial charge in [-0.05, 0) is 61.0 Å². The van der Waals surface area contributed by atoms with Gasteiger partial charge in [-0.15, -0.1) is 0 Å². The predicted octanol–water partition coefficient (Wildman–Crippen LogP) is 0.844. The van der Waals surface area contributed by atoms with Crippen molar-refractivity contribution in [1.29, 1.82) is 0 Å². The summed E-state index contributed by atoms with van der Waals surface area (Å²) in [4.78, 5) is 27.0. The molecule has 10 aliphatic heterocycles. The number of hydrogen-bond donors (Lipinski definition) is 7. The topological polar surface area (TPSA) is 388 Å². The van der Waals surface area contributed by atoms with Gasteiger partial charge in [0.15, 0.2) is 55.0 Å². The van der Waals surface area contributed by atoms with Crippen LogP contribution in [0.5, 0.6) is 11.5 Å². The molecule has 0 aromatic heterocycles. The number of carbonyl (C=O) groups is 2. The molecular weight excluding hydrogens is 1320 g/mol. The van der Waals surface area contributed by atoms with Gasteiger partial charge in [0.25, 0.3) is 5.97 Å². The summed E-state index contributed by atoms with van der Waals surface area (Å²) in [6.45, 7) is 15.4. The zero-order valence-corrected chi connectivity index (χ0v) is 56.6. The van der Waals surface area contributed by atoms with E-state index in [4.69, 9.17) is 132 Å². The molecule has 10 saturated heterocycles. The molecule has 32 unspecified atom stereocenters. The number of rotatable bonds is 18. The highest BCUT2D eigenvalue weighted by molar-refractivity contribution is 6.39. The van der Waals surface area contributed by atoms with Crippen molar-refractivity contribution >= 4 is 35.1 Å². The number of fused-ring (bicyclic) bond motifs is 4. The highest BCUT2D eigenvalue weighted by Gasteiger charge is 2.73. The first-order valence-electron chi connectivity index (χ1n) is 31.9. The molecule has 10 heterocycles. The van der Waals surface area contributed by atoms with Gasteiger partial charge in [-0.3, -0.25) is 4.79 Å². The van der Waals surface area contributed by atoms with Crippen LogP contribution in [0.2, 0.25) is 10.0 Å². The Kier molecular flexibility index (Phi) is 22.1. The maximum Gasteiger partial charge on any atom is 0.342 e. The number of aliphatic hydroxyl groups excluding tert-OH is 5. The SMILES string of the molecule is COCC1OC(OC2OCC3OC4(OC3C2OC(=O)C(C)C)OC(C)C(O)(C(C)O)C2OCOC24)C(OC)C(O)C1OC1OC(C)C(OC)C(OC2CC3(C)OC4(CC(O)C(OC5CC(O)C(OC(=O)c6c(C)c(Cl)c(O)c(Cl)c6OC)C(C)O5)C(C)O4)OC3C(C)O2)C1O. The molecule has 0 bridgehead atoms. The number of ether oxygens (including phenoxy) is 23. The van der Waals surface area contributed by atoms with Crippen molar-refractivity contribution < 1.29 is 154 Å². The van der Waals surface area contributed by atoms with Crippen molar-refractivity contribution in [2.45, 2.75) is 283 Å². The summed E-state index contributed by atoms with van der Waals surface area (Å²) in [6, 6.07) is 0. The zero-order valence-electron chi connectivity index (χ0n) is 55.1. The van der Waals surface area contributed by atoms with E-state index in [-0.39, 0.29) is 66.2 Å². The molecule has 0 amide bonds. The minimum atomic E-state index is -2.03. The number of phenolic OH excluding ortho intramolecular Hbond substituents is 1. The van der Waals surface area contributed by atoms with Gasteiger partial charge in [0, 0.05) is 34.2 Å². The molecule has 95 heavy (non-hydrogen) atoms. The average molecular weight is 1410 g/mol. The second kappa shape index (κ2) is 28.6. The number of carbonyl (C=O) groups excluding carboxylic acids is 2. The monoisotopic (exact) mass is 1400 g/mol. The third-order valence-corrected chi connectivity index (χ3v) is 20.4. The van der Waals surface area contributed by atoms with Crippen LogP contribution in [-0.4, -0.2) is 291 Å². The van der Waals surface area contributed by atoms with Crippen molar-refractivity contribution in [3.63, 3.8) is 0 Å². The largest absolute Gasteiger partial charge is 0.505 e. The lowest BCUT2D eigenvalue weighted by molar-refractivity contribution is -0.439. The molecule has 1 aromatic carbocycles. The number of methoxy groups -OCH3 is 4. The molecule has 0 radical (unpaired) electrons. The van der Waals surface area contributed by atoms with Gasteiger partial charge in [0.1, 0.15) is 102 Å². The molecule has 34 heteroatoms. The number of aromatic hydroxyl groups is 1. The number of hydrogen-bond acceptors (Lipinski definition) is 32. The van der Waals surface area contributed by atoms with Crippen LogP contribution in [0.1, 0.15) is 97.5 Å². The van der Waals surface area contributed by atoms with E-state index in [1.165, 1.54) is 49.2 Å². The third-order valence-electron chi connectivity index (χ3n) is 19.5. The molecule has 11 rings (SSSR count). The van der Waals surface area contributed by atoms with Crippen LogP contribution in [-0.2, 0) is 109 Å². The lowest BCUT2D eigenvalue weighted by Gasteiger charge is -2.51. The van der Waals surface area contributed by atoms with Crippen LogP contribution in [0.25, 0.3) is 0 Å². The van der Waals surface area contributed by atoms with E-state index in [0.717, 1.165) is 0 Å². The molecule has 10 fully saturated rings. The van der Waals surface area contributed by atoms with Crippen molar-refractivity contribution in [3.05, 3.63) is 21.2 Å². The van der Waals surface area contributed by atoms with Crippen molar-refractivity contribution in [1.82, 2.24) is 0 Å². The van der Waals surface area contributed by atoms with E-state index in [1.807, 2.05) is 0 Å². The molecule has 7 N–H and O–H groups in total. The van der Waals surface area contributed by atoms with E-state index in [2.05, 4.69) is 0 Å². The van der Waals surface area contributed by atoms with Gasteiger partial charge in [0.2, 0.25) is 6.29 Å². The number of aliphatic hydroxyl groups is 6. The molecule has 2 spiro atoms. The van der Waals surface area contributed by atoms with E-state index in [0.29, 0.717) is 0 Å². The highest BCUT2D eigenvalue weighted by atomic mass is 35.5. The molecular formula is C61H90Cl2O32. The molecule has 540 valence electrons. The Morgan fingerprint density at radius 1 is 0.653 bits per heavy atom. The molecule has 0 saturated carbocycles. The number of benzene rings is 1. The van der Waals surface area contributed by atoms with Crippen LogP contribution in [0.4, 0.5) is 0 Å². The fraction of sp³-hybridized carbons (Fsp3) is 0.869. The van der Waals surface area contributed by atoms with Crippen LogP contribution >= 0.6 is 23.2 Å². The van der Waals surface area contributed by atoms with E-state index in [1.54, 1.807) is 48.5 Å². The molecule has 32 nitrogen and oxygen atoms in total. The smallest absolute Gasteiger partial charge is 0.342 e. The van der Waals surface area contributed by atoms with E-state index in [9.17, 15) is 45.3 Å². The Labute approximate surface area is 558 Å². The highest BCUT2D eigenvalue weighted by Crippen LogP contribution is 2.53. The lowest BCUT2D eigenvalue weighted by Crippen LogP contribution is -2.72. The molecule has 1 aromatic rings. The summed E-state index contributed by atoms with van der Waals surface area (Å²) in [5.74, 6) is -6.71. The van der Waals surface area contributed by atoms with E-state index < -0.39 is 219 Å². The fourth-order valence-electron chi connectivity index (χ4n) is 14.7. The fourth-order valence-corrected chi connectivity index (χ4v) is 15.2. The van der Waals surface area contributed by atoms with Crippen LogP contribution in [0, 0.1) is 12.8 Å². The minimum absolute atomic E-state index is 0.00581.